The molecule has 2 aromatic heterocycles. The van der Waals surface area contributed by atoms with E-state index in [-0.39, 0.29) is 0 Å². The molecule has 0 unspecified atom stereocenters. The van der Waals surface area contributed by atoms with Gasteiger partial charge in [0.25, 0.3) is 5.89 Å². The van der Waals surface area contributed by atoms with Crippen molar-refractivity contribution >= 4 is 5.82 Å². The minimum Gasteiger partial charge on any atom is -0.497 e. The van der Waals surface area contributed by atoms with E-state index >= 15 is 0 Å². The van der Waals surface area contributed by atoms with Crippen molar-refractivity contribution in [1.82, 2.24) is 25.2 Å². The minimum atomic E-state index is 0.345. The largest absolute Gasteiger partial charge is 0.497 e. The first-order chi connectivity index (χ1) is 14.2. The highest BCUT2D eigenvalue weighted by Gasteiger charge is 2.15. The van der Waals surface area contributed by atoms with Gasteiger partial charge in [-0.2, -0.15) is 4.98 Å². The Morgan fingerprint density at radius 3 is 2.59 bits per heavy atom. The van der Waals surface area contributed by atoms with Gasteiger partial charge in [-0.05, 0) is 68.2 Å². The standard InChI is InChI=1S/C21H26N6O2/c1-15-9-12-27(13-10-15)14-11-22-19-8-7-18(24-25-19)21-23-20(26-29-21)16-3-5-17(28-2)6-4-16/h3-8,15H,9-14H2,1-2H3,(H,22,25). The Morgan fingerprint density at radius 1 is 1.10 bits per heavy atom. The second-order valence-electron chi connectivity index (χ2n) is 7.41. The Labute approximate surface area is 170 Å². The summed E-state index contributed by atoms with van der Waals surface area (Å²) in [6.07, 6.45) is 2.58. The number of rotatable bonds is 7. The molecule has 1 aromatic carbocycles. The molecule has 152 valence electrons. The fourth-order valence-electron chi connectivity index (χ4n) is 3.35. The third-order valence-corrected chi connectivity index (χ3v) is 5.27. The predicted octanol–water partition coefficient (Wildman–Crippen LogP) is 3.35. The molecule has 1 aliphatic heterocycles. The van der Waals surface area contributed by atoms with Crippen molar-refractivity contribution in [2.45, 2.75) is 19.8 Å². The number of nitrogens with zero attached hydrogens (tertiary/aromatic N) is 5. The zero-order valence-electron chi connectivity index (χ0n) is 16.8. The van der Waals surface area contributed by atoms with Gasteiger partial charge in [0.15, 0.2) is 5.69 Å². The Kier molecular flexibility index (Phi) is 6.00. The van der Waals surface area contributed by atoms with Crippen LogP contribution in [-0.4, -0.2) is 58.5 Å². The number of nitrogens with one attached hydrogen (secondary N) is 1. The second-order valence-corrected chi connectivity index (χ2v) is 7.41. The molecule has 1 fully saturated rings. The van der Waals surface area contributed by atoms with Crippen LogP contribution in [0.4, 0.5) is 5.82 Å². The summed E-state index contributed by atoms with van der Waals surface area (Å²) in [5.74, 6) is 3.22. The molecule has 1 saturated heterocycles. The number of likely N-dealkylation sites (tertiary alicyclic amines) is 1. The average molecular weight is 394 g/mol. The van der Waals surface area contributed by atoms with Gasteiger partial charge in [-0.25, -0.2) is 0 Å². The first kappa shape index (κ1) is 19.3. The van der Waals surface area contributed by atoms with Crippen molar-refractivity contribution in [2.75, 3.05) is 38.6 Å². The molecule has 29 heavy (non-hydrogen) atoms. The second kappa shape index (κ2) is 9.00. The summed E-state index contributed by atoms with van der Waals surface area (Å²) in [7, 11) is 1.63. The quantitative estimate of drug-likeness (QED) is 0.653. The maximum absolute atomic E-state index is 5.35. The number of anilines is 1. The van der Waals surface area contributed by atoms with E-state index in [0.717, 1.165) is 36.1 Å². The van der Waals surface area contributed by atoms with E-state index in [9.17, 15) is 0 Å². The SMILES string of the molecule is COc1ccc(-c2noc(-c3ccc(NCCN4CCC(C)CC4)nn3)n2)cc1. The maximum Gasteiger partial charge on any atom is 0.278 e. The smallest absolute Gasteiger partial charge is 0.278 e. The first-order valence-corrected chi connectivity index (χ1v) is 10.00. The molecule has 0 saturated carbocycles. The molecule has 0 atom stereocenters. The highest BCUT2D eigenvalue weighted by atomic mass is 16.5. The number of benzene rings is 1. The summed E-state index contributed by atoms with van der Waals surface area (Å²) < 4.78 is 10.5. The lowest BCUT2D eigenvalue weighted by atomic mass is 9.99. The molecule has 3 heterocycles. The number of ether oxygens (including phenoxy) is 1. The molecule has 1 aliphatic rings. The van der Waals surface area contributed by atoms with E-state index in [1.54, 1.807) is 7.11 Å². The summed E-state index contributed by atoms with van der Waals surface area (Å²) >= 11 is 0. The summed E-state index contributed by atoms with van der Waals surface area (Å²) in [6, 6.07) is 11.2. The van der Waals surface area contributed by atoms with Gasteiger partial charge in [0.2, 0.25) is 5.82 Å². The van der Waals surface area contributed by atoms with Gasteiger partial charge in [0.1, 0.15) is 11.6 Å². The number of hydrogen-bond donors (Lipinski definition) is 1. The molecule has 8 nitrogen and oxygen atoms in total. The maximum atomic E-state index is 5.35. The van der Waals surface area contributed by atoms with Gasteiger partial charge in [0.05, 0.1) is 7.11 Å². The number of aromatic nitrogens is 4. The fourth-order valence-corrected chi connectivity index (χ4v) is 3.35. The third kappa shape index (κ3) is 4.89. The lowest BCUT2D eigenvalue weighted by Gasteiger charge is -2.30. The molecule has 3 aromatic rings. The van der Waals surface area contributed by atoms with E-state index < -0.39 is 0 Å². The Hall–Kier alpha value is -3.00. The van der Waals surface area contributed by atoms with Crippen LogP contribution < -0.4 is 10.1 Å². The lowest BCUT2D eigenvalue weighted by Crippen LogP contribution is -2.36. The molecule has 0 spiro atoms. The molecular formula is C21H26N6O2. The summed E-state index contributed by atoms with van der Waals surface area (Å²) in [5.41, 5.74) is 1.40. The van der Waals surface area contributed by atoms with Gasteiger partial charge in [0, 0.05) is 18.7 Å². The van der Waals surface area contributed by atoms with Crippen molar-refractivity contribution in [3.8, 4) is 28.7 Å². The molecule has 0 amide bonds. The van der Waals surface area contributed by atoms with Crippen LogP contribution in [0.2, 0.25) is 0 Å². The van der Waals surface area contributed by atoms with Gasteiger partial charge >= 0.3 is 0 Å². The van der Waals surface area contributed by atoms with Crippen LogP contribution in [0.15, 0.2) is 40.9 Å². The normalized spacial score (nSPS) is 15.4. The van der Waals surface area contributed by atoms with E-state index in [1.165, 1.54) is 25.9 Å². The summed E-state index contributed by atoms with van der Waals surface area (Å²) in [5, 5.41) is 15.8. The van der Waals surface area contributed by atoms with Crippen LogP contribution in [-0.2, 0) is 0 Å². The number of piperidine rings is 1. The highest BCUT2D eigenvalue weighted by Crippen LogP contribution is 2.23. The third-order valence-electron chi connectivity index (χ3n) is 5.27. The monoisotopic (exact) mass is 394 g/mol. The lowest BCUT2D eigenvalue weighted by molar-refractivity contribution is 0.199. The summed E-state index contributed by atoms with van der Waals surface area (Å²) in [6.45, 7) is 6.56. The van der Waals surface area contributed by atoms with Gasteiger partial charge < -0.3 is 19.5 Å². The molecule has 4 rings (SSSR count). The van der Waals surface area contributed by atoms with Crippen LogP contribution in [0.5, 0.6) is 5.75 Å². The van der Waals surface area contributed by atoms with Crippen LogP contribution in [0.1, 0.15) is 19.8 Å². The number of methoxy groups -OCH3 is 1. The van der Waals surface area contributed by atoms with E-state index in [2.05, 4.69) is 37.5 Å². The molecule has 8 heteroatoms. The predicted molar refractivity (Wildman–Crippen MR) is 111 cm³/mol. The topological polar surface area (TPSA) is 89.2 Å². The van der Waals surface area contributed by atoms with E-state index in [1.807, 2.05) is 36.4 Å². The summed E-state index contributed by atoms with van der Waals surface area (Å²) in [4.78, 5) is 6.91. The molecule has 1 N–H and O–H groups in total. The van der Waals surface area contributed by atoms with E-state index in [0.29, 0.717) is 17.4 Å². The van der Waals surface area contributed by atoms with E-state index in [4.69, 9.17) is 9.26 Å². The van der Waals surface area contributed by atoms with Gasteiger partial charge in [-0.1, -0.05) is 12.1 Å². The van der Waals surface area contributed by atoms with Crippen molar-refractivity contribution in [2.24, 2.45) is 5.92 Å². The fraction of sp³-hybridized carbons (Fsp3) is 0.429. The van der Waals surface area contributed by atoms with Crippen LogP contribution in [0.3, 0.4) is 0 Å². The minimum absolute atomic E-state index is 0.345. The zero-order valence-corrected chi connectivity index (χ0v) is 16.8. The van der Waals surface area contributed by atoms with Crippen molar-refractivity contribution in [3.05, 3.63) is 36.4 Å². The van der Waals surface area contributed by atoms with Gasteiger partial charge in [-0.3, -0.25) is 0 Å². The first-order valence-electron chi connectivity index (χ1n) is 10.00. The molecule has 0 bridgehead atoms. The van der Waals surface area contributed by atoms with Crippen molar-refractivity contribution in [3.63, 3.8) is 0 Å². The average Bonchev–Trinajstić information content (AvgIpc) is 3.26. The highest BCUT2D eigenvalue weighted by molar-refractivity contribution is 5.59. The molecule has 0 aliphatic carbocycles. The Balaban J connectivity index is 1.32. The molecule has 0 radical (unpaired) electrons. The molecular weight excluding hydrogens is 368 g/mol. The zero-order chi connectivity index (χ0) is 20.1. The number of hydrogen-bond acceptors (Lipinski definition) is 8. The van der Waals surface area contributed by atoms with Crippen LogP contribution >= 0.6 is 0 Å². The van der Waals surface area contributed by atoms with Gasteiger partial charge in [-0.15, -0.1) is 10.2 Å². The van der Waals surface area contributed by atoms with Crippen LogP contribution in [0.25, 0.3) is 23.0 Å². The van der Waals surface area contributed by atoms with Crippen molar-refractivity contribution < 1.29 is 9.26 Å². The Bertz CT molecular complexity index is 902. The van der Waals surface area contributed by atoms with Crippen LogP contribution in [0, 0.1) is 5.92 Å². The Morgan fingerprint density at radius 2 is 1.90 bits per heavy atom. The van der Waals surface area contributed by atoms with Crippen molar-refractivity contribution in [1.29, 1.82) is 0 Å².